The molecular weight excluding hydrogens is 658 g/mol. The minimum absolute atomic E-state index is 0.0278. The molecular formula is C35H51N9O7. The molecule has 2 heterocycles. The summed E-state index contributed by atoms with van der Waals surface area (Å²) >= 11 is 0. The molecule has 2 aromatic rings. The van der Waals surface area contributed by atoms with Gasteiger partial charge in [0.1, 0.15) is 35.7 Å². The van der Waals surface area contributed by atoms with Crippen LogP contribution in [0.25, 0.3) is 11.1 Å². The van der Waals surface area contributed by atoms with Crippen molar-refractivity contribution in [3.63, 3.8) is 0 Å². The molecule has 4 rings (SSSR count). The number of nitrogens with one attached hydrogen (secondary N) is 2. The molecule has 0 aromatic heterocycles. The first-order valence-electron chi connectivity index (χ1n) is 17.4. The Hall–Kier alpha value is -4.77. The van der Waals surface area contributed by atoms with Crippen LogP contribution in [-0.2, 0) is 36.8 Å². The lowest BCUT2D eigenvalue weighted by molar-refractivity contribution is -0.149. The van der Waals surface area contributed by atoms with Crippen molar-refractivity contribution in [2.75, 3.05) is 32.7 Å². The molecule has 5 amide bonds. The fourth-order valence-electron chi connectivity index (χ4n) is 6.75. The summed E-state index contributed by atoms with van der Waals surface area (Å²) in [6.45, 7) is 0.774. The van der Waals surface area contributed by atoms with Gasteiger partial charge in [0.25, 0.3) is 0 Å². The van der Waals surface area contributed by atoms with E-state index >= 15 is 0 Å². The number of phenols is 2. The van der Waals surface area contributed by atoms with Crippen LogP contribution in [0.15, 0.2) is 36.4 Å². The number of hydrogen-bond donors (Lipinski definition) is 9. The predicted octanol–water partition coefficient (Wildman–Crippen LogP) is -1.73. The Morgan fingerprint density at radius 2 is 1.51 bits per heavy atom. The third-order valence-corrected chi connectivity index (χ3v) is 9.50. The largest absolute Gasteiger partial charge is 0.508 e. The minimum atomic E-state index is -1.29. The lowest BCUT2D eigenvalue weighted by Crippen LogP contribution is -2.60. The van der Waals surface area contributed by atoms with Gasteiger partial charge in [-0.2, -0.15) is 0 Å². The summed E-state index contributed by atoms with van der Waals surface area (Å²) in [5.41, 5.74) is 31.2. The van der Waals surface area contributed by atoms with Gasteiger partial charge in [0.2, 0.25) is 29.5 Å². The maximum atomic E-state index is 14.5. The monoisotopic (exact) mass is 709 g/mol. The highest BCUT2D eigenvalue weighted by molar-refractivity contribution is 5.96. The highest BCUT2D eigenvalue weighted by Gasteiger charge is 2.42. The fraction of sp³-hybridized carbons (Fsp3) is 0.514. The molecule has 0 radical (unpaired) electrons. The van der Waals surface area contributed by atoms with Gasteiger partial charge in [-0.15, -0.1) is 0 Å². The maximum Gasteiger partial charge on any atom is 0.246 e. The van der Waals surface area contributed by atoms with Gasteiger partial charge in [0, 0.05) is 32.5 Å². The zero-order chi connectivity index (χ0) is 37.2. The molecule has 0 spiro atoms. The number of nitrogens with two attached hydrogens (primary N) is 5. The van der Waals surface area contributed by atoms with Crippen LogP contribution >= 0.6 is 0 Å². The van der Waals surface area contributed by atoms with E-state index in [4.69, 9.17) is 28.7 Å². The van der Waals surface area contributed by atoms with Crippen molar-refractivity contribution in [3.8, 4) is 22.6 Å². The molecule has 14 N–H and O–H groups in total. The zero-order valence-electron chi connectivity index (χ0n) is 28.8. The van der Waals surface area contributed by atoms with E-state index in [0.29, 0.717) is 47.9 Å². The molecule has 16 heteroatoms. The Labute approximate surface area is 297 Å². The van der Waals surface area contributed by atoms with Crippen LogP contribution in [0, 0.1) is 0 Å². The van der Waals surface area contributed by atoms with Crippen molar-refractivity contribution in [1.29, 1.82) is 0 Å². The molecule has 0 aliphatic carbocycles. The van der Waals surface area contributed by atoms with Gasteiger partial charge in [0.15, 0.2) is 0 Å². The predicted molar refractivity (Wildman–Crippen MR) is 190 cm³/mol. The standard InChI is InChI=1S/C35H51N9O7/c36-11-1-4-25-33(49)42-26(34(50)43-14-3-6-28(43)35(51)44(15-13-38)27(31(40)47)5-2-12-37)19-23-17-21(8-10-30(23)46)20-7-9-29(45)22(16-20)18-24(39)32(48)41-25/h7-10,16-17,24-28,45-46H,1-6,11-15,18-19,36-39H2,(H2,40,47)(H,41,48)(H,42,49)/t24-,25-,26-,27-,28-/m0/s1. The van der Waals surface area contributed by atoms with Gasteiger partial charge >= 0.3 is 0 Å². The summed E-state index contributed by atoms with van der Waals surface area (Å²) in [6.07, 6.45) is 1.74. The van der Waals surface area contributed by atoms with Gasteiger partial charge in [-0.3, -0.25) is 24.0 Å². The summed E-state index contributed by atoms with van der Waals surface area (Å²) < 4.78 is 0. The number of primary amides is 1. The molecule has 1 saturated heterocycles. The first kappa shape index (κ1) is 39.0. The number of aromatic hydroxyl groups is 2. The second-order valence-electron chi connectivity index (χ2n) is 13.1. The number of benzene rings is 2. The van der Waals surface area contributed by atoms with E-state index in [9.17, 15) is 34.2 Å². The van der Waals surface area contributed by atoms with E-state index < -0.39 is 59.7 Å². The minimum Gasteiger partial charge on any atom is -0.508 e. The molecule has 16 nitrogen and oxygen atoms in total. The van der Waals surface area contributed by atoms with E-state index in [-0.39, 0.29) is 69.9 Å². The summed E-state index contributed by atoms with van der Waals surface area (Å²) in [5.74, 6) is -3.31. The van der Waals surface area contributed by atoms with Gasteiger partial charge in [-0.25, -0.2) is 0 Å². The second-order valence-corrected chi connectivity index (χ2v) is 13.1. The summed E-state index contributed by atoms with van der Waals surface area (Å²) in [7, 11) is 0. The Kier molecular flexibility index (Phi) is 13.7. The number of amides is 5. The number of likely N-dealkylation sites (tertiary alicyclic amines) is 1. The van der Waals surface area contributed by atoms with Crippen molar-refractivity contribution in [1.82, 2.24) is 20.4 Å². The molecule has 0 saturated carbocycles. The lowest BCUT2D eigenvalue weighted by Gasteiger charge is -2.35. The van der Waals surface area contributed by atoms with Crippen LogP contribution in [0.3, 0.4) is 0 Å². The number of hydrogen-bond acceptors (Lipinski definition) is 11. The lowest BCUT2D eigenvalue weighted by atomic mass is 9.95. The first-order chi connectivity index (χ1) is 24.4. The topological polar surface area (TPSA) is 286 Å². The number of rotatable bonds is 12. The number of fused-ring (bicyclic) bond motifs is 5. The summed E-state index contributed by atoms with van der Waals surface area (Å²) in [5, 5.41) is 27.0. The number of phenolic OH excluding ortho intramolecular Hbond substituents is 2. The van der Waals surface area contributed by atoms with Crippen LogP contribution in [0.1, 0.15) is 49.7 Å². The highest BCUT2D eigenvalue weighted by Crippen LogP contribution is 2.31. The maximum absolute atomic E-state index is 14.5. The normalized spacial score (nSPS) is 21.5. The zero-order valence-corrected chi connectivity index (χ0v) is 28.8. The molecule has 51 heavy (non-hydrogen) atoms. The Morgan fingerprint density at radius 1 is 0.882 bits per heavy atom. The van der Waals surface area contributed by atoms with E-state index in [1.165, 1.54) is 21.9 Å². The average Bonchev–Trinajstić information content (AvgIpc) is 3.60. The van der Waals surface area contributed by atoms with Gasteiger partial charge in [-0.05, 0) is 98.1 Å². The quantitative estimate of drug-likeness (QED) is 0.119. The average molecular weight is 710 g/mol. The van der Waals surface area contributed by atoms with E-state index in [0.717, 1.165) is 0 Å². The molecule has 4 bridgehead atoms. The Morgan fingerprint density at radius 3 is 2.10 bits per heavy atom. The fourth-order valence-corrected chi connectivity index (χ4v) is 6.75. The van der Waals surface area contributed by atoms with Crippen molar-refractivity contribution in [3.05, 3.63) is 47.5 Å². The van der Waals surface area contributed by atoms with Crippen molar-refractivity contribution >= 4 is 29.5 Å². The first-order valence-corrected chi connectivity index (χ1v) is 17.4. The van der Waals surface area contributed by atoms with Crippen molar-refractivity contribution < 1.29 is 34.2 Å². The Bertz CT molecular complexity index is 1590. The summed E-state index contributed by atoms with van der Waals surface area (Å²) in [6, 6.07) is 4.18. The third-order valence-electron chi connectivity index (χ3n) is 9.50. The van der Waals surface area contributed by atoms with E-state index in [1.807, 2.05) is 0 Å². The Balaban J connectivity index is 1.76. The molecule has 278 valence electrons. The number of nitrogens with zero attached hydrogens (tertiary/aromatic N) is 2. The highest BCUT2D eigenvalue weighted by atomic mass is 16.3. The third kappa shape index (κ3) is 9.52. The number of carbonyl (C=O) groups excluding carboxylic acids is 5. The van der Waals surface area contributed by atoms with E-state index in [1.54, 1.807) is 24.3 Å². The summed E-state index contributed by atoms with van der Waals surface area (Å²) in [4.78, 5) is 70.9. The van der Waals surface area contributed by atoms with Gasteiger partial charge < -0.3 is 59.3 Å². The molecule has 1 fully saturated rings. The molecule has 2 aliphatic heterocycles. The van der Waals surface area contributed by atoms with Crippen molar-refractivity contribution in [2.24, 2.45) is 28.7 Å². The van der Waals surface area contributed by atoms with Crippen LogP contribution in [0.4, 0.5) is 0 Å². The molecule has 2 aromatic carbocycles. The van der Waals surface area contributed by atoms with Gasteiger partial charge in [0.05, 0.1) is 6.04 Å². The molecule has 0 unspecified atom stereocenters. The van der Waals surface area contributed by atoms with E-state index in [2.05, 4.69) is 10.6 Å². The molecule has 5 atom stereocenters. The van der Waals surface area contributed by atoms with Crippen LogP contribution < -0.4 is 39.3 Å². The van der Waals surface area contributed by atoms with Crippen molar-refractivity contribution in [2.45, 2.75) is 81.6 Å². The number of carbonyl (C=O) groups is 5. The van der Waals surface area contributed by atoms with Crippen LogP contribution in [0.5, 0.6) is 11.5 Å². The van der Waals surface area contributed by atoms with Crippen LogP contribution in [-0.4, -0.2) is 112 Å². The SMILES string of the molecule is NCCC[C@@H]1NC(=O)[C@@H](N)Cc2cc(ccc2O)-c2ccc(O)c(c2)C[C@@H](C(=O)N2CCC[C@H]2C(=O)N(CCN)[C@@H](CCCN)C(N)=O)NC1=O. The van der Waals surface area contributed by atoms with Crippen LogP contribution in [0.2, 0.25) is 0 Å². The molecule has 2 aliphatic rings. The second kappa shape index (κ2) is 17.9. The van der Waals surface area contributed by atoms with Gasteiger partial charge in [-0.1, -0.05) is 12.1 Å². The smallest absolute Gasteiger partial charge is 0.246 e.